The van der Waals surface area contributed by atoms with Gasteiger partial charge in [-0.15, -0.1) is 0 Å². The molecule has 5 rings (SSSR count). The molecule has 4 aromatic rings. The maximum Gasteiger partial charge on any atom is 0.416 e. The Labute approximate surface area is 183 Å². The number of hydrogen-bond acceptors (Lipinski definition) is 5. The van der Waals surface area contributed by atoms with Crippen LogP contribution in [0.15, 0.2) is 36.8 Å². The lowest BCUT2D eigenvalue weighted by Gasteiger charge is -2.17. The lowest BCUT2D eigenvalue weighted by atomic mass is 10.1. The number of nitrogens with one attached hydrogen (secondary N) is 1. The van der Waals surface area contributed by atoms with Gasteiger partial charge >= 0.3 is 6.18 Å². The number of aromatic nitrogens is 5. The van der Waals surface area contributed by atoms with Crippen molar-refractivity contribution in [1.82, 2.24) is 24.9 Å². The molecular weight excluding hydrogens is 419 g/mol. The molecule has 1 aliphatic heterocycles. The number of imidazole rings is 1. The summed E-state index contributed by atoms with van der Waals surface area (Å²) in [6.45, 7) is 4.97. The van der Waals surface area contributed by atoms with Gasteiger partial charge in [-0.3, -0.25) is 15.0 Å². The minimum absolute atomic E-state index is 0.366. The van der Waals surface area contributed by atoms with Crippen LogP contribution in [0, 0.1) is 6.92 Å². The van der Waals surface area contributed by atoms with Crippen molar-refractivity contribution >= 4 is 21.9 Å². The van der Waals surface area contributed by atoms with Gasteiger partial charge in [0.1, 0.15) is 5.82 Å². The number of ether oxygens (including phenoxy) is 1. The molecule has 1 saturated heterocycles. The van der Waals surface area contributed by atoms with E-state index in [-0.39, 0.29) is 0 Å². The number of pyridine rings is 1. The highest BCUT2D eigenvalue weighted by Gasteiger charge is 2.30. The SMILES string of the molecule is C[C@@H]1CCCCO1.Cc1cnc(Cc2nc3c(cnc4ccc(C(F)(F)F)cc43)[nH]2)cn1. The molecule has 0 radical (unpaired) electrons. The quantitative estimate of drug-likeness (QED) is 0.449. The molecule has 0 spiro atoms. The number of aryl methyl sites for hydroxylation is 1. The monoisotopic (exact) mass is 443 g/mol. The molecule has 168 valence electrons. The summed E-state index contributed by atoms with van der Waals surface area (Å²) in [4.78, 5) is 20.2. The summed E-state index contributed by atoms with van der Waals surface area (Å²) < 4.78 is 44.2. The highest BCUT2D eigenvalue weighted by molar-refractivity contribution is 6.02. The number of halogens is 3. The number of hydrogen-bond donors (Lipinski definition) is 1. The van der Waals surface area contributed by atoms with Gasteiger partial charge in [0.05, 0.1) is 45.8 Å². The minimum atomic E-state index is -4.41. The first-order valence-electron chi connectivity index (χ1n) is 10.5. The van der Waals surface area contributed by atoms with Crippen LogP contribution in [0.2, 0.25) is 0 Å². The molecule has 3 aromatic heterocycles. The summed E-state index contributed by atoms with van der Waals surface area (Å²) in [5, 5.41) is 0.366. The van der Waals surface area contributed by atoms with Gasteiger partial charge in [-0.05, 0) is 51.3 Å². The third kappa shape index (κ3) is 5.21. The zero-order valence-electron chi connectivity index (χ0n) is 17.9. The van der Waals surface area contributed by atoms with E-state index in [9.17, 15) is 13.2 Å². The molecule has 0 bridgehead atoms. The van der Waals surface area contributed by atoms with Crippen LogP contribution in [0.4, 0.5) is 13.2 Å². The second kappa shape index (κ2) is 9.20. The van der Waals surface area contributed by atoms with E-state index < -0.39 is 11.7 Å². The van der Waals surface area contributed by atoms with E-state index in [4.69, 9.17) is 4.74 Å². The number of H-pyrrole nitrogens is 1. The molecule has 32 heavy (non-hydrogen) atoms. The molecule has 1 aliphatic rings. The second-order valence-corrected chi connectivity index (χ2v) is 7.94. The zero-order valence-corrected chi connectivity index (χ0v) is 17.9. The van der Waals surface area contributed by atoms with Crippen LogP contribution in [-0.2, 0) is 17.3 Å². The molecule has 1 aromatic carbocycles. The van der Waals surface area contributed by atoms with Gasteiger partial charge in [0.25, 0.3) is 0 Å². The van der Waals surface area contributed by atoms with Crippen LogP contribution >= 0.6 is 0 Å². The van der Waals surface area contributed by atoms with Gasteiger partial charge in [-0.1, -0.05) is 0 Å². The van der Waals surface area contributed by atoms with Gasteiger partial charge in [-0.25, -0.2) is 4.98 Å². The molecule has 0 unspecified atom stereocenters. The Morgan fingerprint density at radius 2 is 1.94 bits per heavy atom. The van der Waals surface area contributed by atoms with Crippen LogP contribution in [-0.4, -0.2) is 37.6 Å². The number of benzene rings is 1. The molecule has 4 heterocycles. The number of nitrogens with zero attached hydrogens (tertiary/aromatic N) is 4. The number of rotatable bonds is 2. The summed E-state index contributed by atoms with van der Waals surface area (Å²) in [6.07, 6.45) is 5.31. The Bertz CT molecular complexity index is 1200. The lowest BCUT2D eigenvalue weighted by Crippen LogP contribution is -2.14. The molecule has 0 amide bonds. The lowest BCUT2D eigenvalue weighted by molar-refractivity contribution is -0.137. The zero-order chi connectivity index (χ0) is 22.7. The van der Waals surface area contributed by atoms with Gasteiger partial charge in [0.2, 0.25) is 0 Å². The average molecular weight is 443 g/mol. The number of fused-ring (bicyclic) bond motifs is 3. The van der Waals surface area contributed by atoms with Crippen LogP contribution in [0.25, 0.3) is 21.9 Å². The third-order valence-corrected chi connectivity index (χ3v) is 5.28. The van der Waals surface area contributed by atoms with Crippen LogP contribution < -0.4 is 0 Å². The molecular formula is C23H24F3N5O. The molecule has 1 N–H and O–H groups in total. The van der Waals surface area contributed by atoms with Crippen LogP contribution in [0.3, 0.4) is 0 Å². The van der Waals surface area contributed by atoms with Gasteiger partial charge in [0, 0.05) is 30.8 Å². The van der Waals surface area contributed by atoms with Crippen molar-refractivity contribution in [3.05, 3.63) is 59.6 Å². The Morgan fingerprint density at radius 1 is 1.09 bits per heavy atom. The predicted molar refractivity (Wildman–Crippen MR) is 115 cm³/mol. The van der Waals surface area contributed by atoms with Crippen LogP contribution in [0.1, 0.15) is 49.0 Å². The largest absolute Gasteiger partial charge is 0.416 e. The highest BCUT2D eigenvalue weighted by atomic mass is 19.4. The van der Waals surface area contributed by atoms with E-state index in [0.29, 0.717) is 40.3 Å². The Hall–Kier alpha value is -3.07. The Balaban J connectivity index is 0.000000300. The van der Waals surface area contributed by atoms with Gasteiger partial charge < -0.3 is 9.72 Å². The second-order valence-electron chi connectivity index (χ2n) is 7.94. The van der Waals surface area contributed by atoms with Gasteiger partial charge in [-0.2, -0.15) is 13.2 Å². The summed E-state index contributed by atoms with van der Waals surface area (Å²) >= 11 is 0. The van der Waals surface area contributed by atoms with E-state index in [2.05, 4.69) is 31.8 Å². The van der Waals surface area contributed by atoms with Crippen LogP contribution in [0.5, 0.6) is 0 Å². The fourth-order valence-electron chi connectivity index (χ4n) is 3.55. The molecule has 6 nitrogen and oxygen atoms in total. The third-order valence-electron chi connectivity index (χ3n) is 5.28. The molecule has 0 aliphatic carbocycles. The van der Waals surface area contributed by atoms with E-state index >= 15 is 0 Å². The maximum atomic E-state index is 13.0. The Morgan fingerprint density at radius 3 is 2.56 bits per heavy atom. The summed E-state index contributed by atoms with van der Waals surface area (Å²) in [6, 6.07) is 3.47. The van der Waals surface area contributed by atoms with Crippen molar-refractivity contribution in [1.29, 1.82) is 0 Å². The molecule has 1 atom stereocenters. The Kier molecular flexibility index (Phi) is 6.36. The fraction of sp³-hybridized carbons (Fsp3) is 0.391. The van der Waals surface area contributed by atoms with Crippen molar-refractivity contribution in [2.75, 3.05) is 6.61 Å². The number of alkyl halides is 3. The van der Waals surface area contributed by atoms with Crippen molar-refractivity contribution in [2.24, 2.45) is 0 Å². The first kappa shape index (κ1) is 22.1. The molecule has 9 heteroatoms. The first-order chi connectivity index (χ1) is 15.3. The topological polar surface area (TPSA) is 76.6 Å². The maximum absolute atomic E-state index is 13.0. The number of aromatic amines is 1. The predicted octanol–water partition coefficient (Wildman–Crippen LogP) is 5.39. The minimum Gasteiger partial charge on any atom is -0.379 e. The average Bonchev–Trinajstić information content (AvgIpc) is 3.18. The molecule has 1 fully saturated rings. The standard InChI is InChI=1S/C17H12F3N5.C6H12O/c1-9-6-22-11(7-21-9)5-15-24-14-8-23-13-3-2-10(17(18,19)20)4-12(13)16(14)25-15;1-6-4-2-3-5-7-6/h2-4,6-8H,5H2,1H3,(H,24,25);6H,2-5H2,1H3/t;6-/m.1/s1. The highest BCUT2D eigenvalue weighted by Crippen LogP contribution is 2.32. The first-order valence-corrected chi connectivity index (χ1v) is 10.5. The normalized spacial score (nSPS) is 16.7. The van der Waals surface area contributed by atoms with E-state index in [1.54, 1.807) is 18.6 Å². The fourth-order valence-corrected chi connectivity index (χ4v) is 3.55. The van der Waals surface area contributed by atoms with Gasteiger partial charge in [0.15, 0.2) is 0 Å². The summed E-state index contributed by atoms with van der Waals surface area (Å²) in [7, 11) is 0. The van der Waals surface area contributed by atoms with E-state index in [0.717, 1.165) is 30.1 Å². The molecule has 0 saturated carbocycles. The smallest absolute Gasteiger partial charge is 0.379 e. The van der Waals surface area contributed by atoms with Crippen molar-refractivity contribution in [3.63, 3.8) is 0 Å². The van der Waals surface area contributed by atoms with E-state index in [1.807, 2.05) is 6.92 Å². The summed E-state index contributed by atoms with van der Waals surface area (Å²) in [5.41, 5.74) is 2.33. The van der Waals surface area contributed by atoms with Crippen molar-refractivity contribution in [2.45, 2.75) is 51.8 Å². The summed E-state index contributed by atoms with van der Waals surface area (Å²) in [5.74, 6) is 0.597. The van der Waals surface area contributed by atoms with E-state index in [1.165, 1.54) is 25.3 Å². The van der Waals surface area contributed by atoms with Crippen molar-refractivity contribution in [3.8, 4) is 0 Å². The van der Waals surface area contributed by atoms with Crippen molar-refractivity contribution < 1.29 is 17.9 Å².